The van der Waals surface area contributed by atoms with E-state index in [9.17, 15) is 5.11 Å². The largest absolute Gasteiger partial charge is 0.492 e. The molecule has 0 aliphatic carbocycles. The highest BCUT2D eigenvalue weighted by molar-refractivity contribution is 5.10. The molecular weight excluding hydrogens is 206 g/mol. The number of rotatable bonds is 1. The van der Waals surface area contributed by atoms with E-state index in [0.717, 1.165) is 19.0 Å². The first-order valence-electron chi connectivity index (χ1n) is 5.82. The number of nitrogens with zero attached hydrogens (tertiary/aromatic N) is 3. The Bertz CT molecular complexity index is 391. The Hall–Kier alpha value is -1.07. The van der Waals surface area contributed by atoms with Crippen LogP contribution in [0.3, 0.4) is 0 Å². The van der Waals surface area contributed by atoms with E-state index in [-0.39, 0.29) is 12.0 Å². The Morgan fingerprint density at radius 3 is 3.19 bits per heavy atom. The fourth-order valence-electron chi connectivity index (χ4n) is 2.74. The van der Waals surface area contributed by atoms with Crippen LogP contribution in [-0.4, -0.2) is 45.3 Å². The van der Waals surface area contributed by atoms with Gasteiger partial charge in [0.2, 0.25) is 5.88 Å². The minimum atomic E-state index is 0.000231. The Balaban J connectivity index is 1.78. The Labute approximate surface area is 94.6 Å². The van der Waals surface area contributed by atoms with Crippen LogP contribution in [0, 0.1) is 0 Å². The lowest BCUT2D eigenvalue weighted by Crippen LogP contribution is -2.43. The molecule has 0 radical (unpaired) electrons. The third-order valence-electron chi connectivity index (χ3n) is 3.58. The SMILES string of the molecule is Cn1cc(O)nc1C1CN2CCCC2CO1. The summed E-state index contributed by atoms with van der Waals surface area (Å²) in [7, 11) is 1.89. The first-order chi connectivity index (χ1) is 7.74. The molecule has 2 aliphatic heterocycles. The van der Waals surface area contributed by atoms with E-state index in [2.05, 4.69) is 9.88 Å². The summed E-state index contributed by atoms with van der Waals surface area (Å²) in [4.78, 5) is 6.59. The van der Waals surface area contributed by atoms with Gasteiger partial charge in [-0.15, -0.1) is 0 Å². The topological polar surface area (TPSA) is 50.5 Å². The Morgan fingerprint density at radius 2 is 2.44 bits per heavy atom. The highest BCUT2D eigenvalue weighted by Crippen LogP contribution is 2.29. The Kier molecular flexibility index (Phi) is 2.37. The first kappa shape index (κ1) is 10.1. The van der Waals surface area contributed by atoms with Crippen molar-refractivity contribution in [2.45, 2.75) is 25.0 Å². The lowest BCUT2D eigenvalue weighted by Gasteiger charge is -2.34. The van der Waals surface area contributed by atoms with E-state index in [1.807, 2.05) is 11.6 Å². The minimum Gasteiger partial charge on any atom is -0.492 e. The van der Waals surface area contributed by atoms with Crippen LogP contribution in [-0.2, 0) is 11.8 Å². The zero-order valence-electron chi connectivity index (χ0n) is 9.46. The van der Waals surface area contributed by atoms with Crippen LogP contribution in [0.1, 0.15) is 24.8 Å². The maximum absolute atomic E-state index is 9.35. The molecule has 1 N–H and O–H groups in total. The van der Waals surface area contributed by atoms with Gasteiger partial charge in [-0.2, -0.15) is 4.98 Å². The van der Waals surface area contributed by atoms with Gasteiger partial charge in [0, 0.05) is 19.6 Å². The third-order valence-corrected chi connectivity index (χ3v) is 3.58. The number of imidazole rings is 1. The van der Waals surface area contributed by atoms with Gasteiger partial charge in [-0.25, -0.2) is 0 Å². The molecule has 3 heterocycles. The molecule has 88 valence electrons. The van der Waals surface area contributed by atoms with Gasteiger partial charge in [-0.3, -0.25) is 4.90 Å². The average molecular weight is 223 g/mol. The summed E-state index contributed by atoms with van der Waals surface area (Å²) >= 11 is 0. The molecule has 2 atom stereocenters. The summed E-state index contributed by atoms with van der Waals surface area (Å²) in [6.45, 7) is 2.86. The van der Waals surface area contributed by atoms with Crippen LogP contribution < -0.4 is 0 Å². The number of hydrogen-bond donors (Lipinski definition) is 1. The van der Waals surface area contributed by atoms with Crippen LogP contribution in [0.5, 0.6) is 5.88 Å². The van der Waals surface area contributed by atoms with Gasteiger partial charge in [0.25, 0.3) is 0 Å². The van der Waals surface area contributed by atoms with Crippen molar-refractivity contribution >= 4 is 0 Å². The molecule has 2 aliphatic rings. The first-order valence-corrected chi connectivity index (χ1v) is 5.82. The fraction of sp³-hybridized carbons (Fsp3) is 0.727. The van der Waals surface area contributed by atoms with Gasteiger partial charge in [-0.05, 0) is 19.4 Å². The van der Waals surface area contributed by atoms with E-state index in [1.54, 1.807) is 6.20 Å². The maximum Gasteiger partial charge on any atom is 0.229 e. The summed E-state index contributed by atoms with van der Waals surface area (Å²) < 4.78 is 7.68. The molecule has 0 spiro atoms. The zero-order chi connectivity index (χ0) is 11.1. The number of aryl methyl sites for hydroxylation is 1. The van der Waals surface area contributed by atoms with Crippen LogP contribution in [0.25, 0.3) is 0 Å². The van der Waals surface area contributed by atoms with Crippen molar-refractivity contribution in [3.05, 3.63) is 12.0 Å². The third kappa shape index (κ3) is 1.60. The zero-order valence-corrected chi connectivity index (χ0v) is 9.46. The van der Waals surface area contributed by atoms with Crippen molar-refractivity contribution in [2.24, 2.45) is 7.05 Å². The lowest BCUT2D eigenvalue weighted by molar-refractivity contribution is -0.0552. The maximum atomic E-state index is 9.35. The quantitative estimate of drug-likeness (QED) is 0.760. The number of morpholine rings is 1. The smallest absolute Gasteiger partial charge is 0.229 e. The standard InChI is InChI=1S/C11H17N3O2/c1-13-6-10(15)12-11(13)9-5-14-4-2-3-8(14)7-16-9/h6,8-9,15H,2-5,7H2,1H3. The molecule has 0 aromatic carbocycles. The molecule has 2 fully saturated rings. The predicted octanol–water partition coefficient (Wildman–Crippen LogP) is 0.661. The molecule has 0 saturated carbocycles. The van der Waals surface area contributed by atoms with Crippen LogP contribution >= 0.6 is 0 Å². The van der Waals surface area contributed by atoms with Crippen LogP contribution in [0.15, 0.2) is 6.20 Å². The van der Waals surface area contributed by atoms with Gasteiger partial charge in [0.05, 0.1) is 12.8 Å². The lowest BCUT2D eigenvalue weighted by atomic mass is 10.2. The van der Waals surface area contributed by atoms with Crippen LogP contribution in [0.4, 0.5) is 0 Å². The van der Waals surface area contributed by atoms with E-state index in [0.29, 0.717) is 6.04 Å². The van der Waals surface area contributed by atoms with Crippen molar-refractivity contribution < 1.29 is 9.84 Å². The van der Waals surface area contributed by atoms with Crippen molar-refractivity contribution in [1.29, 1.82) is 0 Å². The van der Waals surface area contributed by atoms with Gasteiger partial charge in [0.15, 0.2) is 0 Å². The van der Waals surface area contributed by atoms with Gasteiger partial charge < -0.3 is 14.4 Å². The number of aromatic hydroxyl groups is 1. The monoisotopic (exact) mass is 223 g/mol. The second kappa shape index (κ2) is 3.75. The number of hydrogen-bond acceptors (Lipinski definition) is 4. The molecule has 1 aromatic rings. The second-order valence-electron chi connectivity index (χ2n) is 4.68. The fourth-order valence-corrected chi connectivity index (χ4v) is 2.74. The van der Waals surface area contributed by atoms with Crippen LogP contribution in [0.2, 0.25) is 0 Å². The van der Waals surface area contributed by atoms with Gasteiger partial charge >= 0.3 is 0 Å². The van der Waals surface area contributed by atoms with Gasteiger partial charge in [0.1, 0.15) is 11.9 Å². The molecule has 1 aromatic heterocycles. The highest BCUT2D eigenvalue weighted by atomic mass is 16.5. The van der Waals surface area contributed by atoms with Crippen molar-refractivity contribution in [2.75, 3.05) is 19.7 Å². The van der Waals surface area contributed by atoms with E-state index in [1.165, 1.54) is 19.4 Å². The molecule has 16 heavy (non-hydrogen) atoms. The number of aromatic nitrogens is 2. The molecule has 0 amide bonds. The molecule has 0 bridgehead atoms. The van der Waals surface area contributed by atoms with Crippen molar-refractivity contribution in [3.8, 4) is 5.88 Å². The molecular formula is C11H17N3O2. The average Bonchev–Trinajstić information content (AvgIpc) is 2.83. The molecule has 2 saturated heterocycles. The Morgan fingerprint density at radius 1 is 1.56 bits per heavy atom. The summed E-state index contributed by atoms with van der Waals surface area (Å²) in [6, 6.07) is 0.602. The second-order valence-corrected chi connectivity index (χ2v) is 4.68. The highest BCUT2D eigenvalue weighted by Gasteiger charge is 2.34. The number of fused-ring (bicyclic) bond motifs is 1. The predicted molar refractivity (Wildman–Crippen MR) is 58.2 cm³/mol. The molecule has 2 unspecified atom stereocenters. The molecule has 5 nitrogen and oxygen atoms in total. The number of ether oxygens (including phenoxy) is 1. The van der Waals surface area contributed by atoms with E-state index in [4.69, 9.17) is 4.74 Å². The molecule has 3 rings (SSSR count). The van der Waals surface area contributed by atoms with Crippen molar-refractivity contribution in [1.82, 2.24) is 14.5 Å². The molecule has 5 heteroatoms. The summed E-state index contributed by atoms with van der Waals surface area (Å²) in [5, 5.41) is 9.35. The van der Waals surface area contributed by atoms with E-state index < -0.39 is 0 Å². The summed E-state index contributed by atoms with van der Waals surface area (Å²) in [5.41, 5.74) is 0. The summed E-state index contributed by atoms with van der Waals surface area (Å²) in [5.74, 6) is 0.896. The minimum absolute atomic E-state index is 0.000231. The van der Waals surface area contributed by atoms with Crippen molar-refractivity contribution in [3.63, 3.8) is 0 Å². The van der Waals surface area contributed by atoms with E-state index >= 15 is 0 Å². The van der Waals surface area contributed by atoms with Gasteiger partial charge in [-0.1, -0.05) is 0 Å². The normalized spacial score (nSPS) is 30.6. The summed E-state index contributed by atoms with van der Waals surface area (Å²) in [6.07, 6.45) is 4.14.